The predicted molar refractivity (Wildman–Crippen MR) is 100 cm³/mol. The van der Waals surface area contributed by atoms with Crippen LogP contribution in [0, 0.1) is 11.3 Å². The molecule has 0 radical (unpaired) electrons. The molecule has 4 heterocycles. The van der Waals surface area contributed by atoms with E-state index in [4.69, 9.17) is 0 Å². The van der Waals surface area contributed by atoms with Crippen molar-refractivity contribution in [2.45, 2.75) is 44.6 Å². The summed E-state index contributed by atoms with van der Waals surface area (Å²) in [5.41, 5.74) is 0.711. The molecule has 0 aliphatic carbocycles. The van der Waals surface area contributed by atoms with Gasteiger partial charge in [-0.2, -0.15) is 0 Å². The molecule has 0 aromatic carbocycles. The second-order valence-corrected chi connectivity index (χ2v) is 9.49. The molecule has 1 spiro atoms. The summed E-state index contributed by atoms with van der Waals surface area (Å²) in [4.78, 5) is 10.6. The predicted octanol–water partition coefficient (Wildman–Crippen LogP) is 1.82. The van der Waals surface area contributed by atoms with Crippen molar-refractivity contribution in [2.75, 3.05) is 73.0 Å². The summed E-state index contributed by atoms with van der Waals surface area (Å²) in [5, 5.41) is 0. The fraction of sp³-hybridized carbons (Fsp3) is 1.00. The Labute approximate surface area is 149 Å². The average Bonchev–Trinajstić information content (AvgIpc) is 2.57. The second kappa shape index (κ2) is 7.22. The molecule has 4 rings (SSSR count). The number of hydrogen-bond donors (Lipinski definition) is 0. The van der Waals surface area contributed by atoms with E-state index in [1.165, 1.54) is 97.4 Å². The van der Waals surface area contributed by atoms with Crippen LogP contribution in [0.2, 0.25) is 0 Å². The lowest BCUT2D eigenvalue weighted by molar-refractivity contribution is -0.0360. The Morgan fingerprint density at radius 2 is 1.38 bits per heavy atom. The second-order valence-electron chi connectivity index (χ2n) is 9.49. The Bertz CT molecular complexity index is 394. The number of rotatable bonds is 3. The molecule has 0 aromatic heterocycles. The van der Waals surface area contributed by atoms with Gasteiger partial charge in [-0.15, -0.1) is 0 Å². The van der Waals surface area contributed by atoms with E-state index in [2.05, 4.69) is 33.7 Å². The van der Waals surface area contributed by atoms with E-state index in [0.29, 0.717) is 5.41 Å². The summed E-state index contributed by atoms with van der Waals surface area (Å²) in [5.74, 6) is 0.964. The Morgan fingerprint density at radius 1 is 0.750 bits per heavy atom. The van der Waals surface area contributed by atoms with Gasteiger partial charge < -0.3 is 19.6 Å². The summed E-state index contributed by atoms with van der Waals surface area (Å²) < 4.78 is 0. The highest BCUT2D eigenvalue weighted by molar-refractivity contribution is 4.97. The topological polar surface area (TPSA) is 13.0 Å². The van der Waals surface area contributed by atoms with Gasteiger partial charge in [-0.3, -0.25) is 0 Å². The van der Waals surface area contributed by atoms with E-state index in [1.54, 1.807) is 0 Å². The van der Waals surface area contributed by atoms with Crippen LogP contribution in [0.1, 0.15) is 38.5 Å². The minimum Gasteiger partial charge on any atom is -0.306 e. The first-order valence-corrected chi connectivity index (χ1v) is 10.5. The normalized spacial score (nSPS) is 32.2. The third-order valence-electron chi connectivity index (χ3n) is 7.50. The average molecular weight is 335 g/mol. The molecule has 4 nitrogen and oxygen atoms in total. The number of hydrogen-bond acceptors (Lipinski definition) is 4. The standard InChI is InChI=1S/C20H38N4/c1-21-9-5-19(6-10-21)24-11-3-18(4-12-24)15-23-13-7-20(8-14-23)16-22(2)17-20/h18-19H,3-17H2,1-2H3. The molecular formula is C20H38N4. The summed E-state index contributed by atoms with van der Waals surface area (Å²) in [7, 11) is 4.54. The van der Waals surface area contributed by atoms with Crippen molar-refractivity contribution in [3.8, 4) is 0 Å². The highest BCUT2D eigenvalue weighted by atomic mass is 15.2. The molecule has 0 unspecified atom stereocenters. The quantitative estimate of drug-likeness (QED) is 0.780. The lowest BCUT2D eigenvalue weighted by Crippen LogP contribution is -2.59. The molecule has 4 aliphatic heterocycles. The zero-order valence-electron chi connectivity index (χ0n) is 16.1. The maximum absolute atomic E-state index is 2.82. The van der Waals surface area contributed by atoms with Crippen LogP contribution in [0.3, 0.4) is 0 Å². The number of piperidine rings is 3. The maximum Gasteiger partial charge on any atom is 0.0120 e. The highest BCUT2D eigenvalue weighted by Crippen LogP contribution is 2.39. The van der Waals surface area contributed by atoms with Crippen molar-refractivity contribution in [3.63, 3.8) is 0 Å². The summed E-state index contributed by atoms with van der Waals surface area (Å²) in [6.07, 6.45) is 8.57. The Kier molecular flexibility index (Phi) is 5.19. The molecule has 4 fully saturated rings. The first-order valence-electron chi connectivity index (χ1n) is 10.5. The van der Waals surface area contributed by atoms with Crippen LogP contribution in [0.5, 0.6) is 0 Å². The van der Waals surface area contributed by atoms with Crippen LogP contribution >= 0.6 is 0 Å². The summed E-state index contributed by atoms with van der Waals surface area (Å²) >= 11 is 0. The van der Waals surface area contributed by atoms with E-state index in [9.17, 15) is 0 Å². The molecule has 0 aromatic rings. The highest BCUT2D eigenvalue weighted by Gasteiger charge is 2.43. The van der Waals surface area contributed by atoms with Gasteiger partial charge in [-0.25, -0.2) is 0 Å². The van der Waals surface area contributed by atoms with E-state index < -0.39 is 0 Å². The first-order chi connectivity index (χ1) is 11.6. The van der Waals surface area contributed by atoms with Gasteiger partial charge in [0.2, 0.25) is 0 Å². The lowest BCUT2D eigenvalue weighted by Gasteiger charge is -2.53. The molecule has 4 heteroatoms. The maximum atomic E-state index is 2.82. The van der Waals surface area contributed by atoms with Gasteiger partial charge in [0.05, 0.1) is 0 Å². The third kappa shape index (κ3) is 3.82. The van der Waals surface area contributed by atoms with E-state index in [-0.39, 0.29) is 0 Å². The molecule has 0 saturated carbocycles. The Balaban J connectivity index is 1.16. The van der Waals surface area contributed by atoms with Crippen LogP contribution in [0.4, 0.5) is 0 Å². The van der Waals surface area contributed by atoms with E-state index in [1.807, 2.05) is 0 Å². The van der Waals surface area contributed by atoms with Crippen LogP contribution < -0.4 is 0 Å². The van der Waals surface area contributed by atoms with Gasteiger partial charge in [-0.05, 0) is 103 Å². The molecule has 138 valence electrons. The van der Waals surface area contributed by atoms with E-state index >= 15 is 0 Å². The fourth-order valence-corrected chi connectivity index (χ4v) is 5.85. The van der Waals surface area contributed by atoms with Gasteiger partial charge in [0.25, 0.3) is 0 Å². The minimum atomic E-state index is 0.711. The van der Waals surface area contributed by atoms with Crippen molar-refractivity contribution in [1.82, 2.24) is 19.6 Å². The SMILES string of the molecule is CN1CCC(N2CCC(CN3CCC4(CC3)CN(C)C4)CC2)CC1. The van der Waals surface area contributed by atoms with Crippen molar-refractivity contribution in [2.24, 2.45) is 11.3 Å². The zero-order valence-corrected chi connectivity index (χ0v) is 16.1. The van der Waals surface area contributed by atoms with Crippen LogP contribution in [-0.2, 0) is 0 Å². The molecular weight excluding hydrogens is 296 g/mol. The van der Waals surface area contributed by atoms with Gasteiger partial charge in [0.15, 0.2) is 0 Å². The zero-order chi connectivity index (χ0) is 16.6. The Morgan fingerprint density at radius 3 is 1.96 bits per heavy atom. The smallest absolute Gasteiger partial charge is 0.0120 e. The van der Waals surface area contributed by atoms with Crippen molar-refractivity contribution in [3.05, 3.63) is 0 Å². The van der Waals surface area contributed by atoms with Gasteiger partial charge in [-0.1, -0.05) is 0 Å². The summed E-state index contributed by atoms with van der Waals surface area (Å²) in [6, 6.07) is 0.882. The molecule has 0 bridgehead atoms. The minimum absolute atomic E-state index is 0.711. The first kappa shape index (κ1) is 17.3. The molecule has 0 atom stereocenters. The largest absolute Gasteiger partial charge is 0.306 e. The molecule has 24 heavy (non-hydrogen) atoms. The van der Waals surface area contributed by atoms with Gasteiger partial charge in [0, 0.05) is 25.7 Å². The monoisotopic (exact) mass is 334 g/mol. The van der Waals surface area contributed by atoms with Crippen LogP contribution in [-0.4, -0.2) is 98.6 Å². The fourth-order valence-electron chi connectivity index (χ4n) is 5.85. The Hall–Kier alpha value is -0.160. The molecule has 4 saturated heterocycles. The van der Waals surface area contributed by atoms with Crippen molar-refractivity contribution < 1.29 is 0 Å². The summed E-state index contributed by atoms with van der Waals surface area (Å²) in [6.45, 7) is 12.2. The van der Waals surface area contributed by atoms with E-state index in [0.717, 1.165) is 12.0 Å². The van der Waals surface area contributed by atoms with Gasteiger partial charge in [0.1, 0.15) is 0 Å². The molecule has 0 amide bonds. The number of likely N-dealkylation sites (tertiary alicyclic amines) is 4. The van der Waals surface area contributed by atoms with Crippen molar-refractivity contribution >= 4 is 0 Å². The van der Waals surface area contributed by atoms with Crippen LogP contribution in [0.25, 0.3) is 0 Å². The van der Waals surface area contributed by atoms with Gasteiger partial charge >= 0.3 is 0 Å². The lowest BCUT2D eigenvalue weighted by atomic mass is 9.72. The third-order valence-corrected chi connectivity index (χ3v) is 7.50. The van der Waals surface area contributed by atoms with Crippen molar-refractivity contribution in [1.29, 1.82) is 0 Å². The molecule has 0 N–H and O–H groups in total. The molecule has 4 aliphatic rings. The van der Waals surface area contributed by atoms with Crippen LogP contribution in [0.15, 0.2) is 0 Å². The number of nitrogens with zero attached hydrogens (tertiary/aromatic N) is 4.